The van der Waals surface area contributed by atoms with Gasteiger partial charge in [-0.15, -0.1) is 0 Å². The van der Waals surface area contributed by atoms with E-state index in [9.17, 15) is 18.8 Å². The Bertz CT molecular complexity index is 935. The van der Waals surface area contributed by atoms with E-state index in [2.05, 4.69) is 5.32 Å². The second kappa shape index (κ2) is 8.65. The zero-order valence-electron chi connectivity index (χ0n) is 16.6. The highest BCUT2D eigenvalue weighted by Gasteiger charge is 2.26. The van der Waals surface area contributed by atoms with Crippen LogP contribution >= 0.6 is 0 Å². The number of amides is 3. The molecule has 0 aliphatic carbocycles. The van der Waals surface area contributed by atoms with Gasteiger partial charge < -0.3 is 15.1 Å². The van der Waals surface area contributed by atoms with Crippen molar-refractivity contribution in [1.29, 1.82) is 0 Å². The van der Waals surface area contributed by atoms with Crippen LogP contribution < -0.4 is 10.2 Å². The SMILES string of the molecule is O=C(NC1CCN(C(=O)c2ccc(N3CCCC3=O)cc2)CC1)c1ccc(F)cc1. The molecule has 7 heteroatoms. The van der Waals surface area contributed by atoms with Crippen molar-refractivity contribution in [2.24, 2.45) is 0 Å². The Hall–Kier alpha value is -3.22. The molecule has 156 valence electrons. The van der Waals surface area contributed by atoms with Crippen LogP contribution in [0.3, 0.4) is 0 Å². The minimum Gasteiger partial charge on any atom is -0.349 e. The quantitative estimate of drug-likeness (QED) is 0.844. The summed E-state index contributed by atoms with van der Waals surface area (Å²) in [6, 6.07) is 12.6. The zero-order chi connectivity index (χ0) is 21.1. The number of nitrogens with zero attached hydrogens (tertiary/aromatic N) is 2. The van der Waals surface area contributed by atoms with Gasteiger partial charge in [0.05, 0.1) is 0 Å². The first-order valence-electron chi connectivity index (χ1n) is 10.3. The van der Waals surface area contributed by atoms with Crippen molar-refractivity contribution in [3.05, 3.63) is 65.5 Å². The molecule has 0 radical (unpaired) electrons. The maximum absolute atomic E-state index is 13.0. The number of piperidine rings is 1. The molecule has 0 spiro atoms. The van der Waals surface area contributed by atoms with Crippen LogP contribution in [0.15, 0.2) is 48.5 Å². The lowest BCUT2D eigenvalue weighted by atomic mass is 10.0. The Morgan fingerprint density at radius 2 is 1.53 bits per heavy atom. The summed E-state index contributed by atoms with van der Waals surface area (Å²) < 4.78 is 13.0. The zero-order valence-corrected chi connectivity index (χ0v) is 16.6. The number of halogens is 1. The smallest absolute Gasteiger partial charge is 0.253 e. The number of carbonyl (C=O) groups excluding carboxylic acids is 3. The Balaban J connectivity index is 1.30. The highest BCUT2D eigenvalue weighted by Crippen LogP contribution is 2.22. The molecule has 2 heterocycles. The Morgan fingerprint density at radius 3 is 2.13 bits per heavy atom. The summed E-state index contributed by atoms with van der Waals surface area (Å²) in [7, 11) is 0. The molecule has 2 fully saturated rings. The molecule has 2 saturated heterocycles. The van der Waals surface area contributed by atoms with Crippen LogP contribution in [0.5, 0.6) is 0 Å². The van der Waals surface area contributed by atoms with Gasteiger partial charge in [0.1, 0.15) is 5.82 Å². The number of nitrogens with one attached hydrogen (secondary N) is 1. The number of carbonyl (C=O) groups is 3. The van der Waals surface area contributed by atoms with E-state index in [-0.39, 0.29) is 29.6 Å². The van der Waals surface area contributed by atoms with Crippen molar-refractivity contribution in [2.45, 2.75) is 31.7 Å². The van der Waals surface area contributed by atoms with Gasteiger partial charge in [0.25, 0.3) is 11.8 Å². The molecule has 30 heavy (non-hydrogen) atoms. The number of anilines is 1. The largest absolute Gasteiger partial charge is 0.349 e. The maximum Gasteiger partial charge on any atom is 0.253 e. The van der Waals surface area contributed by atoms with Gasteiger partial charge >= 0.3 is 0 Å². The van der Waals surface area contributed by atoms with Crippen molar-refractivity contribution in [1.82, 2.24) is 10.2 Å². The maximum atomic E-state index is 13.0. The number of hydrogen-bond acceptors (Lipinski definition) is 3. The van der Waals surface area contributed by atoms with Gasteiger partial charge in [-0.1, -0.05) is 0 Å². The monoisotopic (exact) mass is 409 g/mol. The van der Waals surface area contributed by atoms with Crippen molar-refractivity contribution < 1.29 is 18.8 Å². The fraction of sp³-hybridized carbons (Fsp3) is 0.348. The lowest BCUT2D eigenvalue weighted by Crippen LogP contribution is -2.46. The molecule has 2 aliphatic rings. The summed E-state index contributed by atoms with van der Waals surface area (Å²) in [6.45, 7) is 1.84. The topological polar surface area (TPSA) is 69.7 Å². The summed E-state index contributed by atoms with van der Waals surface area (Å²) in [5.41, 5.74) is 1.85. The molecule has 4 rings (SSSR count). The fourth-order valence-electron chi connectivity index (χ4n) is 3.98. The molecule has 0 aromatic heterocycles. The third-order valence-corrected chi connectivity index (χ3v) is 5.72. The summed E-state index contributed by atoms with van der Waals surface area (Å²) >= 11 is 0. The Morgan fingerprint density at radius 1 is 0.900 bits per heavy atom. The van der Waals surface area contributed by atoms with Crippen molar-refractivity contribution in [3.8, 4) is 0 Å². The van der Waals surface area contributed by atoms with Crippen molar-refractivity contribution >= 4 is 23.4 Å². The van der Waals surface area contributed by atoms with Gasteiger partial charge in [0.2, 0.25) is 5.91 Å². The van der Waals surface area contributed by atoms with E-state index < -0.39 is 0 Å². The average Bonchev–Trinajstić information content (AvgIpc) is 3.20. The third kappa shape index (κ3) is 4.35. The predicted molar refractivity (Wildman–Crippen MR) is 111 cm³/mol. The van der Waals surface area contributed by atoms with Gasteiger partial charge in [-0.25, -0.2) is 4.39 Å². The first-order valence-corrected chi connectivity index (χ1v) is 10.3. The molecule has 3 amide bonds. The lowest BCUT2D eigenvalue weighted by Gasteiger charge is -2.32. The highest BCUT2D eigenvalue weighted by molar-refractivity contribution is 5.97. The molecular weight excluding hydrogens is 385 g/mol. The predicted octanol–water partition coefficient (Wildman–Crippen LogP) is 2.99. The van der Waals surface area contributed by atoms with E-state index in [1.165, 1.54) is 24.3 Å². The molecule has 2 aliphatic heterocycles. The van der Waals surface area contributed by atoms with Crippen LogP contribution in [0.2, 0.25) is 0 Å². The van der Waals surface area contributed by atoms with E-state index in [1.54, 1.807) is 21.9 Å². The number of hydrogen-bond donors (Lipinski definition) is 1. The van der Waals surface area contributed by atoms with Gasteiger partial charge in [-0.2, -0.15) is 0 Å². The molecular formula is C23H24FN3O3. The minimum absolute atomic E-state index is 0.0184. The first-order chi connectivity index (χ1) is 14.5. The van der Waals surface area contributed by atoms with E-state index in [0.717, 1.165) is 18.7 Å². The summed E-state index contributed by atoms with van der Waals surface area (Å²) in [6.07, 6.45) is 2.78. The third-order valence-electron chi connectivity index (χ3n) is 5.72. The number of benzene rings is 2. The Labute approximate surface area is 174 Å². The summed E-state index contributed by atoms with van der Waals surface area (Å²) in [5.74, 6) is -0.526. The van der Waals surface area contributed by atoms with Crippen LogP contribution in [0.1, 0.15) is 46.4 Å². The molecule has 0 unspecified atom stereocenters. The fourth-order valence-corrected chi connectivity index (χ4v) is 3.98. The molecule has 6 nitrogen and oxygen atoms in total. The minimum atomic E-state index is -0.376. The van der Waals surface area contributed by atoms with Crippen LogP contribution in [0.25, 0.3) is 0 Å². The highest BCUT2D eigenvalue weighted by atomic mass is 19.1. The van der Waals surface area contributed by atoms with Gasteiger partial charge in [0, 0.05) is 48.9 Å². The van der Waals surface area contributed by atoms with Gasteiger partial charge in [-0.05, 0) is 67.8 Å². The van der Waals surface area contributed by atoms with E-state index in [4.69, 9.17) is 0 Å². The van der Waals surface area contributed by atoms with Crippen LogP contribution in [0, 0.1) is 5.82 Å². The second-order valence-corrected chi connectivity index (χ2v) is 7.74. The summed E-state index contributed by atoms with van der Waals surface area (Å²) in [4.78, 5) is 40.5. The molecule has 0 bridgehead atoms. The number of rotatable bonds is 4. The lowest BCUT2D eigenvalue weighted by molar-refractivity contribution is -0.117. The second-order valence-electron chi connectivity index (χ2n) is 7.74. The van der Waals surface area contributed by atoms with Crippen LogP contribution in [-0.2, 0) is 4.79 Å². The molecule has 0 saturated carbocycles. The molecule has 2 aromatic rings. The summed E-state index contributed by atoms with van der Waals surface area (Å²) in [5, 5.41) is 2.96. The van der Waals surface area contributed by atoms with Crippen molar-refractivity contribution in [2.75, 3.05) is 24.5 Å². The molecule has 1 N–H and O–H groups in total. The van der Waals surface area contributed by atoms with Crippen LogP contribution in [0.4, 0.5) is 10.1 Å². The van der Waals surface area contributed by atoms with Crippen molar-refractivity contribution in [3.63, 3.8) is 0 Å². The normalized spacial score (nSPS) is 17.3. The first kappa shape index (κ1) is 20.1. The molecule has 2 aromatic carbocycles. The van der Waals surface area contributed by atoms with Gasteiger partial charge in [0.15, 0.2) is 0 Å². The Kier molecular flexibility index (Phi) is 5.79. The number of likely N-dealkylation sites (tertiary alicyclic amines) is 1. The van der Waals surface area contributed by atoms with Gasteiger partial charge in [-0.3, -0.25) is 14.4 Å². The van der Waals surface area contributed by atoms with E-state index >= 15 is 0 Å². The molecule has 0 atom stereocenters. The standard InChI is InChI=1S/C23H24FN3O3/c24-18-7-3-16(4-8-18)22(29)25-19-11-14-26(15-12-19)23(30)17-5-9-20(10-6-17)27-13-1-2-21(27)28/h3-10,19H,1-2,11-15H2,(H,25,29). The van der Waals surface area contributed by atoms with Crippen LogP contribution in [-0.4, -0.2) is 48.3 Å². The van der Waals surface area contributed by atoms with E-state index in [0.29, 0.717) is 43.5 Å². The average molecular weight is 409 g/mol. The van der Waals surface area contributed by atoms with E-state index in [1.807, 2.05) is 12.1 Å².